The highest BCUT2D eigenvalue weighted by Crippen LogP contribution is 2.31. The van der Waals surface area contributed by atoms with Crippen molar-refractivity contribution in [2.75, 3.05) is 17.6 Å². The van der Waals surface area contributed by atoms with Gasteiger partial charge >= 0.3 is 0 Å². The summed E-state index contributed by atoms with van der Waals surface area (Å²) >= 11 is 2.19. The molecule has 0 fully saturated rings. The Labute approximate surface area is 141 Å². The molecule has 0 saturated heterocycles. The number of hydrogen-bond acceptors (Lipinski definition) is 5. The summed E-state index contributed by atoms with van der Waals surface area (Å²) in [4.78, 5) is 8.46. The zero-order valence-electron chi connectivity index (χ0n) is 12.0. The van der Waals surface area contributed by atoms with Gasteiger partial charge in [0.05, 0.1) is 11.4 Å². The molecule has 1 atom stereocenters. The Bertz CT molecular complexity index is 872. The number of rotatable bonds is 1. The molecule has 1 aliphatic heterocycles. The summed E-state index contributed by atoms with van der Waals surface area (Å²) < 4.78 is 2.83. The predicted molar refractivity (Wildman–Crippen MR) is 94.9 cm³/mol. The van der Waals surface area contributed by atoms with E-state index in [1.54, 1.807) is 0 Å². The smallest absolute Gasteiger partial charge is 0.164 e. The van der Waals surface area contributed by atoms with E-state index in [0.717, 1.165) is 27.7 Å². The molecule has 2 aromatic heterocycles. The van der Waals surface area contributed by atoms with Gasteiger partial charge in [-0.05, 0) is 47.6 Å². The van der Waals surface area contributed by atoms with Crippen molar-refractivity contribution in [3.63, 3.8) is 0 Å². The third-order valence-electron chi connectivity index (χ3n) is 4.07. The van der Waals surface area contributed by atoms with E-state index in [0.29, 0.717) is 5.82 Å². The fourth-order valence-corrected chi connectivity index (χ4v) is 3.75. The lowest BCUT2D eigenvalue weighted by Crippen LogP contribution is -2.27. The highest BCUT2D eigenvalue weighted by atomic mass is 127. The molecule has 4 rings (SSSR count). The fraction of sp³-hybridized carbons (Fsp3) is 0.267. The van der Waals surface area contributed by atoms with E-state index in [1.165, 1.54) is 23.1 Å². The molecule has 0 aliphatic carbocycles. The minimum Gasteiger partial charge on any atom is -0.383 e. The van der Waals surface area contributed by atoms with Crippen LogP contribution >= 0.6 is 22.6 Å². The maximum atomic E-state index is 5.97. The lowest BCUT2D eigenvalue weighted by Gasteiger charge is -2.27. The standard InChI is InChI=1S/C15H15IN6/c1-8-2-3-11-9(4-8)5-10(6-18-11)22-15-12(13(16)21-22)14(17)19-7-20-15/h2-4,7,10,18H,5-6H2,1H3,(H2,17,19,20). The number of benzene rings is 1. The van der Waals surface area contributed by atoms with Crippen molar-refractivity contribution in [2.45, 2.75) is 19.4 Å². The van der Waals surface area contributed by atoms with E-state index in [2.05, 4.69) is 68.1 Å². The van der Waals surface area contributed by atoms with Gasteiger partial charge in [-0.25, -0.2) is 14.6 Å². The van der Waals surface area contributed by atoms with Crippen molar-refractivity contribution >= 4 is 45.1 Å². The molecule has 3 aromatic rings. The second-order valence-corrected chi connectivity index (χ2v) is 6.61. The van der Waals surface area contributed by atoms with E-state index in [1.807, 2.05) is 4.68 Å². The molecular formula is C15H15IN6. The topological polar surface area (TPSA) is 81.7 Å². The molecule has 7 heteroatoms. The van der Waals surface area contributed by atoms with Gasteiger partial charge in [0.2, 0.25) is 0 Å². The molecule has 22 heavy (non-hydrogen) atoms. The molecule has 0 spiro atoms. The zero-order valence-corrected chi connectivity index (χ0v) is 14.2. The molecule has 1 aliphatic rings. The Balaban J connectivity index is 1.79. The number of aromatic nitrogens is 4. The van der Waals surface area contributed by atoms with Crippen LogP contribution in [0.1, 0.15) is 17.2 Å². The molecule has 0 bridgehead atoms. The molecule has 0 radical (unpaired) electrons. The molecule has 112 valence electrons. The minimum absolute atomic E-state index is 0.217. The second-order valence-electron chi connectivity index (χ2n) is 5.59. The minimum atomic E-state index is 0.217. The molecule has 0 saturated carbocycles. The fourth-order valence-electron chi connectivity index (χ4n) is 3.00. The molecule has 3 N–H and O–H groups in total. The van der Waals surface area contributed by atoms with Crippen molar-refractivity contribution in [3.8, 4) is 0 Å². The van der Waals surface area contributed by atoms with Gasteiger partial charge in [0.25, 0.3) is 0 Å². The van der Waals surface area contributed by atoms with E-state index < -0.39 is 0 Å². The van der Waals surface area contributed by atoms with Gasteiger partial charge in [0.15, 0.2) is 5.65 Å². The maximum absolute atomic E-state index is 5.97. The number of aryl methyl sites for hydroxylation is 1. The molecule has 1 aromatic carbocycles. The Morgan fingerprint density at radius 3 is 3.09 bits per heavy atom. The van der Waals surface area contributed by atoms with Gasteiger partial charge in [0, 0.05) is 12.2 Å². The number of anilines is 2. The lowest BCUT2D eigenvalue weighted by atomic mass is 9.98. The number of fused-ring (bicyclic) bond motifs is 2. The number of nitrogens with two attached hydrogens (primary N) is 1. The quantitative estimate of drug-likeness (QED) is 0.607. The van der Waals surface area contributed by atoms with Gasteiger partial charge < -0.3 is 11.1 Å². The third-order valence-corrected chi connectivity index (χ3v) is 4.82. The summed E-state index contributed by atoms with van der Waals surface area (Å²) in [5.41, 5.74) is 10.6. The van der Waals surface area contributed by atoms with Crippen LogP contribution in [0.15, 0.2) is 24.5 Å². The number of nitrogens with one attached hydrogen (secondary N) is 1. The first-order valence-corrected chi connectivity index (χ1v) is 8.19. The van der Waals surface area contributed by atoms with Crippen LogP contribution < -0.4 is 11.1 Å². The Kier molecular flexibility index (Phi) is 3.17. The van der Waals surface area contributed by atoms with Gasteiger partial charge in [-0.3, -0.25) is 0 Å². The Hall–Kier alpha value is -1.90. The first kappa shape index (κ1) is 13.7. The van der Waals surface area contributed by atoms with E-state index in [9.17, 15) is 0 Å². The van der Waals surface area contributed by atoms with Crippen LogP contribution in [-0.4, -0.2) is 26.3 Å². The summed E-state index contributed by atoms with van der Waals surface area (Å²) in [6.45, 7) is 2.94. The number of hydrogen-bond donors (Lipinski definition) is 2. The van der Waals surface area contributed by atoms with Crippen LogP contribution in [0.2, 0.25) is 0 Å². The first-order chi connectivity index (χ1) is 10.6. The van der Waals surface area contributed by atoms with Gasteiger partial charge in [-0.15, -0.1) is 0 Å². The number of nitrogen functional groups attached to an aromatic ring is 1. The van der Waals surface area contributed by atoms with E-state index >= 15 is 0 Å². The summed E-state index contributed by atoms with van der Waals surface area (Å²) in [7, 11) is 0. The average molecular weight is 406 g/mol. The van der Waals surface area contributed by atoms with Crippen LogP contribution in [0.25, 0.3) is 11.0 Å². The molecule has 1 unspecified atom stereocenters. The molecule has 3 heterocycles. The van der Waals surface area contributed by atoms with Gasteiger partial charge in [-0.1, -0.05) is 17.7 Å². The van der Waals surface area contributed by atoms with Crippen molar-refractivity contribution in [2.24, 2.45) is 0 Å². The number of nitrogens with zero attached hydrogens (tertiary/aromatic N) is 4. The Morgan fingerprint density at radius 1 is 1.36 bits per heavy atom. The normalized spacial score (nSPS) is 17.3. The summed E-state index contributed by atoms with van der Waals surface area (Å²) in [5.74, 6) is 0.487. The van der Waals surface area contributed by atoms with Crippen molar-refractivity contribution < 1.29 is 0 Å². The molecule has 6 nitrogen and oxygen atoms in total. The second kappa shape index (κ2) is 5.08. The summed E-state index contributed by atoms with van der Waals surface area (Å²) in [6, 6.07) is 6.72. The van der Waals surface area contributed by atoms with Crippen molar-refractivity contribution in [3.05, 3.63) is 39.4 Å². The predicted octanol–water partition coefficient (Wildman–Crippen LogP) is 2.53. The first-order valence-electron chi connectivity index (χ1n) is 7.11. The van der Waals surface area contributed by atoms with Crippen molar-refractivity contribution in [1.82, 2.24) is 19.7 Å². The zero-order chi connectivity index (χ0) is 15.3. The maximum Gasteiger partial charge on any atom is 0.164 e. The highest BCUT2D eigenvalue weighted by Gasteiger charge is 2.24. The summed E-state index contributed by atoms with van der Waals surface area (Å²) in [6.07, 6.45) is 2.43. The molecular weight excluding hydrogens is 391 g/mol. The van der Waals surface area contributed by atoms with Crippen LogP contribution in [0.5, 0.6) is 0 Å². The Morgan fingerprint density at radius 2 is 2.23 bits per heavy atom. The van der Waals surface area contributed by atoms with E-state index in [-0.39, 0.29) is 6.04 Å². The van der Waals surface area contributed by atoms with Crippen LogP contribution in [-0.2, 0) is 6.42 Å². The third kappa shape index (κ3) is 2.11. The van der Waals surface area contributed by atoms with Gasteiger partial charge in [-0.2, -0.15) is 5.10 Å². The van der Waals surface area contributed by atoms with Crippen LogP contribution in [0.3, 0.4) is 0 Å². The summed E-state index contributed by atoms with van der Waals surface area (Å²) in [5, 5.41) is 8.98. The highest BCUT2D eigenvalue weighted by molar-refractivity contribution is 14.1. The van der Waals surface area contributed by atoms with E-state index in [4.69, 9.17) is 5.73 Å². The molecule has 0 amide bonds. The lowest BCUT2D eigenvalue weighted by molar-refractivity contribution is 0.470. The van der Waals surface area contributed by atoms with Crippen molar-refractivity contribution in [1.29, 1.82) is 0 Å². The van der Waals surface area contributed by atoms with Gasteiger partial charge in [0.1, 0.15) is 15.8 Å². The number of halogens is 1. The monoisotopic (exact) mass is 406 g/mol. The van der Waals surface area contributed by atoms with Crippen LogP contribution in [0, 0.1) is 10.6 Å². The van der Waals surface area contributed by atoms with Crippen LogP contribution in [0.4, 0.5) is 11.5 Å². The SMILES string of the molecule is Cc1ccc2c(c1)CC(n1nc(I)c3c(N)ncnc31)CN2. The average Bonchev–Trinajstić information content (AvgIpc) is 2.85. The largest absolute Gasteiger partial charge is 0.383 e.